The van der Waals surface area contributed by atoms with Gasteiger partial charge in [0.2, 0.25) is 0 Å². The summed E-state index contributed by atoms with van der Waals surface area (Å²) >= 11 is 0. The number of nitrogens with one attached hydrogen (secondary N) is 1. The average molecular weight is 271 g/mol. The molecule has 0 amide bonds. The topological polar surface area (TPSA) is 29.9 Å². The van der Waals surface area contributed by atoms with Gasteiger partial charge in [0, 0.05) is 19.1 Å². The van der Waals surface area contributed by atoms with Gasteiger partial charge >= 0.3 is 0 Å². The Labute approximate surface area is 121 Å². The summed E-state index contributed by atoms with van der Waals surface area (Å²) in [5.41, 5.74) is 2.35. The third-order valence-electron chi connectivity index (χ3n) is 4.59. The van der Waals surface area contributed by atoms with Crippen LogP contribution in [-0.2, 0) is 6.54 Å². The molecule has 1 heterocycles. The first-order valence-electron chi connectivity index (χ1n) is 7.89. The maximum atomic E-state index is 4.62. The molecule has 1 aliphatic rings. The first-order chi connectivity index (χ1) is 9.74. The largest absolute Gasteiger partial charge is 0.327 e. The van der Waals surface area contributed by atoms with Gasteiger partial charge < -0.3 is 9.88 Å². The van der Waals surface area contributed by atoms with Crippen molar-refractivity contribution in [3.63, 3.8) is 0 Å². The fourth-order valence-electron chi connectivity index (χ4n) is 3.21. The lowest BCUT2D eigenvalue weighted by atomic mass is 9.81. The fourth-order valence-corrected chi connectivity index (χ4v) is 3.21. The zero-order chi connectivity index (χ0) is 13.9. The van der Waals surface area contributed by atoms with Crippen LogP contribution in [-0.4, -0.2) is 22.1 Å². The first kappa shape index (κ1) is 13.6. The van der Waals surface area contributed by atoms with E-state index in [1.54, 1.807) is 0 Å². The monoisotopic (exact) mass is 271 g/mol. The summed E-state index contributed by atoms with van der Waals surface area (Å²) in [4.78, 5) is 4.62. The molecule has 2 aromatic rings. The van der Waals surface area contributed by atoms with Gasteiger partial charge in [0.15, 0.2) is 0 Å². The Hall–Kier alpha value is -1.35. The van der Waals surface area contributed by atoms with Crippen LogP contribution in [0.1, 0.15) is 38.4 Å². The zero-order valence-electron chi connectivity index (χ0n) is 12.6. The van der Waals surface area contributed by atoms with E-state index in [1.165, 1.54) is 31.2 Å². The van der Waals surface area contributed by atoms with Crippen molar-refractivity contribution in [2.45, 2.75) is 52.1 Å². The van der Waals surface area contributed by atoms with Crippen molar-refractivity contribution in [1.82, 2.24) is 14.9 Å². The summed E-state index contributed by atoms with van der Waals surface area (Å²) in [5, 5.41) is 3.66. The molecule has 0 radical (unpaired) electrons. The number of aryl methyl sites for hydroxylation is 1. The Balaban J connectivity index is 1.55. The summed E-state index contributed by atoms with van der Waals surface area (Å²) in [6, 6.07) is 9.03. The second-order valence-corrected chi connectivity index (χ2v) is 6.19. The Bertz CT molecular complexity index is 569. The number of benzene rings is 1. The number of para-hydroxylation sites is 2. The number of aromatic nitrogens is 2. The molecule has 1 aromatic heterocycles. The van der Waals surface area contributed by atoms with Crippen LogP contribution in [0.3, 0.4) is 0 Å². The molecule has 3 heteroatoms. The van der Waals surface area contributed by atoms with Crippen molar-refractivity contribution in [3.05, 3.63) is 30.1 Å². The number of imidazole rings is 1. The second-order valence-electron chi connectivity index (χ2n) is 6.19. The molecule has 1 aliphatic carbocycles. The smallest absolute Gasteiger partial charge is 0.106 e. The predicted molar refractivity (Wildman–Crippen MR) is 83.9 cm³/mol. The summed E-state index contributed by atoms with van der Waals surface area (Å²) in [6.45, 7) is 6.44. The van der Waals surface area contributed by atoms with Crippen LogP contribution < -0.4 is 5.32 Å². The number of hydrogen-bond acceptors (Lipinski definition) is 2. The van der Waals surface area contributed by atoms with Crippen molar-refractivity contribution in [2.24, 2.45) is 5.92 Å². The Kier molecular flexibility index (Phi) is 4.06. The molecule has 3 nitrogen and oxygen atoms in total. The highest BCUT2D eigenvalue weighted by Gasteiger charge is 2.19. The standard InChI is InChI=1S/C17H25N3/c1-13(12-15-6-5-7-15)18-10-11-20-14(2)19-16-8-3-4-9-17(16)20/h3-4,8-9,13,15,18H,5-7,10-12H2,1-2H3. The molecule has 0 spiro atoms. The lowest BCUT2D eigenvalue weighted by Gasteiger charge is -2.28. The normalized spacial score (nSPS) is 17.3. The molecule has 20 heavy (non-hydrogen) atoms. The van der Waals surface area contributed by atoms with Crippen molar-refractivity contribution < 1.29 is 0 Å². The first-order valence-corrected chi connectivity index (χ1v) is 7.89. The molecule has 3 rings (SSSR count). The molecule has 108 valence electrons. The highest BCUT2D eigenvalue weighted by Crippen LogP contribution is 2.30. The van der Waals surface area contributed by atoms with Crippen LogP contribution in [0.15, 0.2) is 24.3 Å². The van der Waals surface area contributed by atoms with E-state index >= 15 is 0 Å². The van der Waals surface area contributed by atoms with Crippen LogP contribution in [0, 0.1) is 12.8 Å². The van der Waals surface area contributed by atoms with Gasteiger partial charge in [0.1, 0.15) is 5.82 Å². The van der Waals surface area contributed by atoms with E-state index in [2.05, 4.69) is 53.0 Å². The third-order valence-corrected chi connectivity index (χ3v) is 4.59. The summed E-state index contributed by atoms with van der Waals surface area (Å²) in [6.07, 6.45) is 5.66. The second kappa shape index (κ2) is 5.96. The minimum atomic E-state index is 0.635. The maximum Gasteiger partial charge on any atom is 0.106 e. The minimum absolute atomic E-state index is 0.635. The van der Waals surface area contributed by atoms with E-state index in [0.29, 0.717) is 6.04 Å². The van der Waals surface area contributed by atoms with E-state index in [-0.39, 0.29) is 0 Å². The van der Waals surface area contributed by atoms with Gasteiger partial charge in [0.05, 0.1) is 11.0 Å². The van der Waals surface area contributed by atoms with Gasteiger partial charge in [-0.25, -0.2) is 4.98 Å². The van der Waals surface area contributed by atoms with E-state index in [1.807, 2.05) is 0 Å². The average Bonchev–Trinajstić information content (AvgIpc) is 2.71. The SMILES string of the molecule is Cc1nc2ccccc2n1CCNC(C)CC1CCC1. The number of nitrogens with zero attached hydrogens (tertiary/aromatic N) is 2. The Morgan fingerprint density at radius 1 is 1.35 bits per heavy atom. The van der Waals surface area contributed by atoms with Gasteiger partial charge in [-0.15, -0.1) is 0 Å². The Morgan fingerprint density at radius 3 is 2.90 bits per heavy atom. The van der Waals surface area contributed by atoms with Crippen molar-refractivity contribution in [1.29, 1.82) is 0 Å². The van der Waals surface area contributed by atoms with Gasteiger partial charge in [-0.2, -0.15) is 0 Å². The van der Waals surface area contributed by atoms with Crippen LogP contribution in [0.4, 0.5) is 0 Å². The number of fused-ring (bicyclic) bond motifs is 1. The highest BCUT2D eigenvalue weighted by molar-refractivity contribution is 5.75. The lowest BCUT2D eigenvalue weighted by molar-refractivity contribution is 0.265. The van der Waals surface area contributed by atoms with Gasteiger partial charge in [0.25, 0.3) is 0 Å². The van der Waals surface area contributed by atoms with Crippen molar-refractivity contribution in [2.75, 3.05) is 6.54 Å². The minimum Gasteiger partial charge on any atom is -0.327 e. The predicted octanol–water partition coefficient (Wildman–Crippen LogP) is 3.51. The number of hydrogen-bond donors (Lipinski definition) is 1. The molecule has 0 saturated heterocycles. The van der Waals surface area contributed by atoms with E-state index in [4.69, 9.17) is 0 Å². The van der Waals surface area contributed by atoms with Crippen LogP contribution >= 0.6 is 0 Å². The summed E-state index contributed by atoms with van der Waals surface area (Å²) in [7, 11) is 0. The van der Waals surface area contributed by atoms with Crippen LogP contribution in [0.2, 0.25) is 0 Å². The molecular weight excluding hydrogens is 246 g/mol. The van der Waals surface area contributed by atoms with Crippen molar-refractivity contribution in [3.8, 4) is 0 Å². The fraction of sp³-hybridized carbons (Fsp3) is 0.588. The molecular formula is C17H25N3. The molecule has 1 aromatic carbocycles. The van der Waals surface area contributed by atoms with Gasteiger partial charge in [-0.1, -0.05) is 31.4 Å². The van der Waals surface area contributed by atoms with Gasteiger partial charge in [-0.05, 0) is 38.3 Å². The van der Waals surface area contributed by atoms with Crippen molar-refractivity contribution >= 4 is 11.0 Å². The van der Waals surface area contributed by atoms with Crippen LogP contribution in [0.5, 0.6) is 0 Å². The molecule has 1 N–H and O–H groups in total. The molecule has 1 saturated carbocycles. The third kappa shape index (κ3) is 2.88. The summed E-state index contributed by atoms with van der Waals surface area (Å²) in [5.74, 6) is 2.09. The van der Waals surface area contributed by atoms with E-state index in [9.17, 15) is 0 Å². The zero-order valence-corrected chi connectivity index (χ0v) is 12.6. The van der Waals surface area contributed by atoms with Gasteiger partial charge in [-0.3, -0.25) is 0 Å². The summed E-state index contributed by atoms with van der Waals surface area (Å²) < 4.78 is 2.32. The highest BCUT2D eigenvalue weighted by atomic mass is 15.1. The number of rotatable bonds is 6. The van der Waals surface area contributed by atoms with E-state index in [0.717, 1.165) is 30.3 Å². The van der Waals surface area contributed by atoms with E-state index < -0.39 is 0 Å². The molecule has 1 fully saturated rings. The molecule has 0 bridgehead atoms. The quantitative estimate of drug-likeness (QED) is 0.871. The molecule has 1 atom stereocenters. The molecule has 1 unspecified atom stereocenters. The maximum absolute atomic E-state index is 4.62. The Morgan fingerprint density at radius 2 is 2.15 bits per heavy atom. The van der Waals surface area contributed by atoms with Crippen LogP contribution in [0.25, 0.3) is 11.0 Å². The molecule has 0 aliphatic heterocycles. The lowest BCUT2D eigenvalue weighted by Crippen LogP contribution is -2.32.